The second kappa shape index (κ2) is 4.18. The molecule has 4 heteroatoms. The van der Waals surface area contributed by atoms with Gasteiger partial charge in [0.2, 0.25) is 0 Å². The van der Waals surface area contributed by atoms with Gasteiger partial charge in [-0.15, -0.1) is 11.6 Å². The molecule has 1 aliphatic rings. The highest BCUT2D eigenvalue weighted by Gasteiger charge is 2.35. The van der Waals surface area contributed by atoms with Gasteiger partial charge in [0.05, 0.1) is 11.0 Å². The molecule has 1 rings (SSSR count). The summed E-state index contributed by atoms with van der Waals surface area (Å²) in [5, 5.41) is 10.1. The molecule has 3 nitrogen and oxygen atoms in total. The Morgan fingerprint density at radius 3 is 2.38 bits per heavy atom. The third-order valence-electron chi connectivity index (χ3n) is 2.71. The number of hydrogen-bond acceptors (Lipinski definition) is 3. The van der Waals surface area contributed by atoms with E-state index in [1.54, 1.807) is 6.92 Å². The number of halogens is 1. The van der Waals surface area contributed by atoms with Gasteiger partial charge in [-0.05, 0) is 19.8 Å². The van der Waals surface area contributed by atoms with E-state index >= 15 is 0 Å². The van der Waals surface area contributed by atoms with Gasteiger partial charge in [0.15, 0.2) is 0 Å². The van der Waals surface area contributed by atoms with Gasteiger partial charge in [-0.2, -0.15) is 0 Å². The zero-order chi connectivity index (χ0) is 9.90. The predicted octanol–water partition coefficient (Wildman–Crippen LogP) is 1.68. The van der Waals surface area contributed by atoms with Gasteiger partial charge in [0, 0.05) is 0 Å². The van der Waals surface area contributed by atoms with Crippen LogP contribution in [0.4, 0.5) is 4.79 Å². The lowest BCUT2D eigenvalue weighted by molar-refractivity contribution is -0.297. The van der Waals surface area contributed by atoms with Crippen LogP contribution in [0.3, 0.4) is 0 Å². The zero-order valence-electron chi connectivity index (χ0n) is 7.72. The van der Waals surface area contributed by atoms with Gasteiger partial charge in [-0.1, -0.05) is 19.3 Å². The van der Waals surface area contributed by atoms with E-state index in [0.717, 1.165) is 19.3 Å². The Bertz CT molecular complexity index is 185. The summed E-state index contributed by atoms with van der Waals surface area (Å²) in [4.78, 5) is 10.4. The maximum atomic E-state index is 10.4. The molecule has 13 heavy (non-hydrogen) atoms. The van der Waals surface area contributed by atoms with Gasteiger partial charge >= 0.3 is 0 Å². The molecule has 0 radical (unpaired) electrons. The van der Waals surface area contributed by atoms with Crippen molar-refractivity contribution in [2.75, 3.05) is 0 Å². The highest BCUT2D eigenvalue weighted by Crippen LogP contribution is 2.36. The third-order valence-corrected chi connectivity index (χ3v) is 3.11. The van der Waals surface area contributed by atoms with E-state index in [-0.39, 0.29) is 5.38 Å². The Morgan fingerprint density at radius 1 is 1.46 bits per heavy atom. The van der Waals surface area contributed by atoms with Crippen molar-refractivity contribution in [3.05, 3.63) is 0 Å². The Kier molecular flexibility index (Phi) is 3.42. The molecule has 0 aromatic rings. The number of rotatable bonds is 2. The van der Waals surface area contributed by atoms with E-state index in [2.05, 4.69) is 0 Å². The van der Waals surface area contributed by atoms with Crippen LogP contribution in [0.25, 0.3) is 0 Å². The fourth-order valence-corrected chi connectivity index (χ4v) is 2.16. The summed E-state index contributed by atoms with van der Waals surface area (Å²) in [5.41, 5.74) is -0.696. The first kappa shape index (κ1) is 10.6. The fraction of sp³-hybridized carbons (Fsp3) is 0.889. The van der Waals surface area contributed by atoms with Crippen LogP contribution in [0.2, 0.25) is 0 Å². The molecule has 76 valence electrons. The molecular formula is C9H14ClO3-. The van der Waals surface area contributed by atoms with E-state index in [4.69, 9.17) is 16.3 Å². The first-order valence-corrected chi connectivity index (χ1v) is 5.04. The molecule has 1 unspecified atom stereocenters. The number of carbonyl (C=O) groups excluding carboxylic acids is 1. The van der Waals surface area contributed by atoms with Crippen LogP contribution >= 0.6 is 11.6 Å². The molecule has 0 N–H and O–H groups in total. The normalized spacial score (nSPS) is 23.5. The van der Waals surface area contributed by atoms with Gasteiger partial charge < -0.3 is 14.6 Å². The summed E-state index contributed by atoms with van der Waals surface area (Å²) < 4.78 is 4.81. The maximum absolute atomic E-state index is 10.4. The van der Waals surface area contributed by atoms with Crippen molar-refractivity contribution in [1.82, 2.24) is 0 Å². The Balaban J connectivity index is 2.67. The molecule has 1 atom stereocenters. The zero-order valence-corrected chi connectivity index (χ0v) is 8.47. The van der Waals surface area contributed by atoms with Gasteiger partial charge in [0.1, 0.15) is 0 Å². The first-order chi connectivity index (χ1) is 6.07. The minimum Gasteiger partial charge on any atom is -0.542 e. The Hall–Kier alpha value is -0.440. The number of hydrogen-bond donors (Lipinski definition) is 0. The summed E-state index contributed by atoms with van der Waals surface area (Å²) in [6.45, 7) is 1.77. The Morgan fingerprint density at radius 2 is 2.00 bits per heavy atom. The van der Waals surface area contributed by atoms with Crippen molar-refractivity contribution in [3.63, 3.8) is 0 Å². The quantitative estimate of drug-likeness (QED) is 0.509. The van der Waals surface area contributed by atoms with Crippen molar-refractivity contribution in [2.24, 2.45) is 0 Å². The van der Waals surface area contributed by atoms with Crippen LogP contribution in [0, 0.1) is 0 Å². The van der Waals surface area contributed by atoms with E-state index in [1.807, 2.05) is 0 Å². The molecule has 1 fully saturated rings. The summed E-state index contributed by atoms with van der Waals surface area (Å²) in [5.74, 6) is 0. The van der Waals surface area contributed by atoms with Crippen molar-refractivity contribution in [3.8, 4) is 0 Å². The first-order valence-electron chi connectivity index (χ1n) is 4.61. The molecule has 1 aliphatic carbocycles. The second-order valence-corrected chi connectivity index (χ2v) is 4.25. The lowest BCUT2D eigenvalue weighted by atomic mass is 9.82. The van der Waals surface area contributed by atoms with E-state index < -0.39 is 11.8 Å². The molecule has 0 saturated heterocycles. The lowest BCUT2D eigenvalue weighted by Crippen LogP contribution is -2.47. The summed E-state index contributed by atoms with van der Waals surface area (Å²) in [6.07, 6.45) is 3.04. The molecule has 0 aliphatic heterocycles. The average molecular weight is 206 g/mol. The highest BCUT2D eigenvalue weighted by molar-refractivity contribution is 6.21. The van der Waals surface area contributed by atoms with Crippen LogP contribution < -0.4 is 5.11 Å². The molecule has 0 amide bonds. The summed E-state index contributed by atoms with van der Waals surface area (Å²) in [7, 11) is 0. The topological polar surface area (TPSA) is 49.4 Å². The SMILES string of the molecule is CC(Cl)C1(OC(=O)[O-])CCCCC1. The predicted molar refractivity (Wildman–Crippen MR) is 47.6 cm³/mol. The van der Waals surface area contributed by atoms with E-state index in [9.17, 15) is 9.90 Å². The van der Waals surface area contributed by atoms with Crippen LogP contribution in [0.5, 0.6) is 0 Å². The Labute approximate surface area is 83.0 Å². The third kappa shape index (κ3) is 2.50. The molecule has 0 heterocycles. The second-order valence-electron chi connectivity index (χ2n) is 3.59. The molecular weight excluding hydrogens is 192 g/mol. The number of alkyl halides is 1. The van der Waals surface area contributed by atoms with E-state index in [0.29, 0.717) is 12.8 Å². The number of carboxylic acid groups (broad SMARTS) is 1. The van der Waals surface area contributed by atoms with Crippen molar-refractivity contribution >= 4 is 17.8 Å². The lowest BCUT2D eigenvalue weighted by Gasteiger charge is -2.42. The average Bonchev–Trinajstić information content (AvgIpc) is 2.04. The van der Waals surface area contributed by atoms with Crippen LogP contribution in [-0.2, 0) is 4.74 Å². The molecule has 0 aromatic heterocycles. The summed E-state index contributed by atoms with van der Waals surface area (Å²) >= 11 is 5.94. The molecule has 1 saturated carbocycles. The minimum absolute atomic E-state index is 0.286. The van der Waals surface area contributed by atoms with Gasteiger partial charge in [0.25, 0.3) is 6.16 Å². The van der Waals surface area contributed by atoms with Gasteiger partial charge in [-0.25, -0.2) is 0 Å². The largest absolute Gasteiger partial charge is 0.542 e. The van der Waals surface area contributed by atoms with Gasteiger partial charge in [-0.3, -0.25) is 0 Å². The molecule has 0 spiro atoms. The smallest absolute Gasteiger partial charge is 0.252 e. The molecule has 0 bridgehead atoms. The van der Waals surface area contributed by atoms with Crippen molar-refractivity contribution < 1.29 is 14.6 Å². The summed E-state index contributed by atoms with van der Waals surface area (Å²) in [6, 6.07) is 0. The minimum atomic E-state index is -1.46. The number of carbonyl (C=O) groups is 1. The van der Waals surface area contributed by atoms with Crippen LogP contribution in [-0.4, -0.2) is 17.1 Å². The van der Waals surface area contributed by atoms with Crippen LogP contribution in [0.15, 0.2) is 0 Å². The number of ether oxygens (including phenoxy) is 1. The maximum Gasteiger partial charge on any atom is 0.252 e. The standard InChI is InChI=1S/C9H15ClO3/c1-7(10)9(13-8(11)12)5-3-2-4-6-9/h7H,2-6H2,1H3,(H,11,12)/p-1. The van der Waals surface area contributed by atoms with Crippen molar-refractivity contribution in [1.29, 1.82) is 0 Å². The molecule has 0 aromatic carbocycles. The highest BCUT2D eigenvalue weighted by atomic mass is 35.5. The monoisotopic (exact) mass is 205 g/mol. The van der Waals surface area contributed by atoms with Crippen LogP contribution in [0.1, 0.15) is 39.0 Å². The van der Waals surface area contributed by atoms with Crippen molar-refractivity contribution in [2.45, 2.75) is 50.0 Å². The fourth-order valence-electron chi connectivity index (χ4n) is 1.90. The van der Waals surface area contributed by atoms with E-state index in [1.165, 1.54) is 0 Å².